The van der Waals surface area contributed by atoms with Gasteiger partial charge in [0.05, 0.1) is 16.5 Å². The number of Topliss-reactive ketones (excluding diaryl/α,β-unsaturated/α-hetero) is 1. The molecule has 2 heterocycles. The van der Waals surface area contributed by atoms with Crippen molar-refractivity contribution in [1.82, 2.24) is 0 Å². The van der Waals surface area contributed by atoms with Crippen LogP contribution in [0, 0.1) is 10.1 Å². The fraction of sp³-hybridized carbons (Fsp3) is 0.0345. The number of nitro groups is 1. The van der Waals surface area contributed by atoms with E-state index < -0.39 is 22.7 Å². The molecule has 1 N–H and O–H groups in total. The molecule has 0 aliphatic carbocycles. The molecule has 0 bridgehead atoms. The third kappa shape index (κ3) is 3.75. The highest BCUT2D eigenvalue weighted by Gasteiger charge is 2.47. The number of benzene rings is 4. The smallest absolute Gasteiger partial charge is 0.300 e. The summed E-state index contributed by atoms with van der Waals surface area (Å²) in [5, 5.41) is 24.1. The number of nitro benzene ring substituents is 1. The first-order valence-electron chi connectivity index (χ1n) is 11.6. The van der Waals surface area contributed by atoms with E-state index in [1.54, 1.807) is 42.5 Å². The first-order valence-corrected chi connectivity index (χ1v) is 12.4. The zero-order valence-corrected chi connectivity index (χ0v) is 21.1. The van der Waals surface area contributed by atoms with Crippen molar-refractivity contribution in [1.29, 1.82) is 0 Å². The normalized spacial score (nSPS) is 17.0. The van der Waals surface area contributed by atoms with E-state index in [0.29, 0.717) is 28.0 Å². The van der Waals surface area contributed by atoms with Crippen LogP contribution >= 0.6 is 15.9 Å². The van der Waals surface area contributed by atoms with E-state index in [2.05, 4.69) is 15.9 Å². The molecule has 1 amide bonds. The standard InChI is InChI=1S/C29H17BrN2O6/c30-18-9-5-17(6-10-18)27(33)25-26(16-7-11-19(12-8-16)32(36)37)31(29(35)28(25)34)20-13-14-24-22(15-20)21-3-1-2-4-23(21)38-24/h1-15,26,33H/b27-25-. The number of aliphatic hydroxyl groups excluding tert-OH is 1. The maximum atomic E-state index is 13.5. The number of halogens is 1. The number of non-ortho nitro benzene ring substituents is 1. The molecule has 1 aliphatic rings. The third-order valence-electron chi connectivity index (χ3n) is 6.62. The Morgan fingerprint density at radius 3 is 2.29 bits per heavy atom. The Bertz CT molecular complexity index is 1810. The summed E-state index contributed by atoms with van der Waals surface area (Å²) in [6, 6.07) is 23.9. The number of hydrogen-bond acceptors (Lipinski definition) is 6. The quantitative estimate of drug-likeness (QED) is 0.0830. The Hall–Kier alpha value is -4.76. The molecular formula is C29H17BrN2O6. The van der Waals surface area contributed by atoms with Crippen molar-refractivity contribution in [2.24, 2.45) is 0 Å². The van der Waals surface area contributed by atoms with Gasteiger partial charge >= 0.3 is 0 Å². The van der Waals surface area contributed by atoms with Gasteiger partial charge in [0, 0.05) is 38.6 Å². The second-order valence-corrected chi connectivity index (χ2v) is 9.72. The number of amides is 1. The molecule has 6 rings (SSSR count). The molecule has 1 aliphatic heterocycles. The SMILES string of the molecule is O=C1C(=O)N(c2ccc3oc4ccccc4c3c2)C(c2ccc([N+](=O)[O-])cc2)/C1=C(/O)c1ccc(Br)cc1. The molecule has 0 saturated carbocycles. The molecule has 1 unspecified atom stereocenters. The Morgan fingerprint density at radius 1 is 0.895 bits per heavy atom. The van der Waals surface area contributed by atoms with Crippen LogP contribution in [0.2, 0.25) is 0 Å². The van der Waals surface area contributed by atoms with Crippen molar-refractivity contribution < 1.29 is 24.0 Å². The van der Waals surface area contributed by atoms with Gasteiger partial charge in [0.25, 0.3) is 17.4 Å². The van der Waals surface area contributed by atoms with Crippen molar-refractivity contribution in [2.45, 2.75) is 6.04 Å². The number of ketones is 1. The van der Waals surface area contributed by atoms with Crippen LogP contribution in [-0.2, 0) is 9.59 Å². The number of nitrogens with zero attached hydrogens (tertiary/aromatic N) is 2. The number of para-hydroxylation sites is 1. The van der Waals surface area contributed by atoms with Crippen LogP contribution in [0.4, 0.5) is 11.4 Å². The summed E-state index contributed by atoms with van der Waals surface area (Å²) in [7, 11) is 0. The minimum Gasteiger partial charge on any atom is -0.507 e. The lowest BCUT2D eigenvalue weighted by Gasteiger charge is -2.25. The topological polar surface area (TPSA) is 114 Å². The van der Waals surface area contributed by atoms with Gasteiger partial charge in [-0.15, -0.1) is 0 Å². The highest BCUT2D eigenvalue weighted by atomic mass is 79.9. The summed E-state index contributed by atoms with van der Waals surface area (Å²) >= 11 is 3.35. The molecule has 1 aromatic heterocycles. The lowest BCUT2D eigenvalue weighted by molar-refractivity contribution is -0.384. The maximum absolute atomic E-state index is 13.5. The molecule has 186 valence electrons. The molecule has 9 heteroatoms. The predicted octanol–water partition coefficient (Wildman–Crippen LogP) is 6.88. The van der Waals surface area contributed by atoms with E-state index in [-0.39, 0.29) is 17.0 Å². The van der Waals surface area contributed by atoms with Crippen molar-refractivity contribution in [2.75, 3.05) is 4.90 Å². The minimum atomic E-state index is -1.02. The Labute approximate surface area is 223 Å². The van der Waals surface area contributed by atoms with Gasteiger partial charge in [0.1, 0.15) is 16.9 Å². The van der Waals surface area contributed by atoms with E-state index in [1.165, 1.54) is 29.2 Å². The molecule has 1 saturated heterocycles. The van der Waals surface area contributed by atoms with Crippen LogP contribution in [0.5, 0.6) is 0 Å². The van der Waals surface area contributed by atoms with E-state index in [4.69, 9.17) is 4.42 Å². The summed E-state index contributed by atoms with van der Waals surface area (Å²) in [5.74, 6) is -2.01. The molecule has 38 heavy (non-hydrogen) atoms. The van der Waals surface area contributed by atoms with Crippen LogP contribution in [0.15, 0.2) is 105 Å². The maximum Gasteiger partial charge on any atom is 0.300 e. The van der Waals surface area contributed by atoms with Crippen molar-refractivity contribution in [3.63, 3.8) is 0 Å². The van der Waals surface area contributed by atoms with Gasteiger partial charge in [-0.3, -0.25) is 24.6 Å². The van der Waals surface area contributed by atoms with Crippen LogP contribution in [0.1, 0.15) is 17.2 Å². The lowest BCUT2D eigenvalue weighted by atomic mass is 9.95. The number of fused-ring (bicyclic) bond motifs is 3. The van der Waals surface area contributed by atoms with Crippen LogP contribution in [-0.4, -0.2) is 21.7 Å². The zero-order chi connectivity index (χ0) is 26.6. The monoisotopic (exact) mass is 568 g/mol. The van der Waals surface area contributed by atoms with Crippen LogP contribution < -0.4 is 4.90 Å². The van der Waals surface area contributed by atoms with Gasteiger partial charge in [-0.05, 0) is 54.1 Å². The first-order chi connectivity index (χ1) is 18.3. The summed E-state index contributed by atoms with van der Waals surface area (Å²) in [6.45, 7) is 0. The fourth-order valence-corrected chi connectivity index (χ4v) is 5.08. The van der Waals surface area contributed by atoms with E-state index in [9.17, 15) is 24.8 Å². The predicted molar refractivity (Wildman–Crippen MR) is 146 cm³/mol. The number of aliphatic hydroxyl groups is 1. The van der Waals surface area contributed by atoms with Gasteiger partial charge < -0.3 is 9.52 Å². The van der Waals surface area contributed by atoms with Crippen LogP contribution in [0.3, 0.4) is 0 Å². The second kappa shape index (κ2) is 8.97. The van der Waals surface area contributed by atoms with Crippen molar-refractivity contribution in [3.8, 4) is 0 Å². The Kier molecular flexibility index (Phi) is 5.57. The molecule has 1 atom stereocenters. The first kappa shape index (κ1) is 23.6. The largest absolute Gasteiger partial charge is 0.507 e. The van der Waals surface area contributed by atoms with Gasteiger partial charge in [0.2, 0.25) is 0 Å². The Balaban J connectivity index is 1.57. The highest BCUT2D eigenvalue weighted by molar-refractivity contribution is 9.10. The highest BCUT2D eigenvalue weighted by Crippen LogP contribution is 2.44. The minimum absolute atomic E-state index is 0.108. The molecule has 5 aromatic rings. The number of hydrogen-bond donors (Lipinski definition) is 1. The van der Waals surface area contributed by atoms with Gasteiger partial charge in [-0.25, -0.2) is 0 Å². The lowest BCUT2D eigenvalue weighted by Crippen LogP contribution is -2.29. The van der Waals surface area contributed by atoms with Crippen molar-refractivity contribution >= 4 is 66.7 Å². The van der Waals surface area contributed by atoms with Gasteiger partial charge in [-0.1, -0.05) is 46.3 Å². The molecule has 0 radical (unpaired) electrons. The number of carbonyl (C=O) groups excluding carboxylic acids is 2. The van der Waals surface area contributed by atoms with Crippen LogP contribution in [0.25, 0.3) is 27.7 Å². The number of anilines is 1. The average molecular weight is 569 g/mol. The average Bonchev–Trinajstić information content (AvgIpc) is 3.43. The van der Waals surface area contributed by atoms with E-state index >= 15 is 0 Å². The second-order valence-electron chi connectivity index (χ2n) is 8.80. The molecule has 4 aromatic carbocycles. The number of furan rings is 1. The fourth-order valence-electron chi connectivity index (χ4n) is 4.82. The Morgan fingerprint density at radius 2 is 1.58 bits per heavy atom. The molecule has 8 nitrogen and oxygen atoms in total. The van der Waals surface area contributed by atoms with Gasteiger partial charge in [0.15, 0.2) is 0 Å². The summed E-state index contributed by atoms with van der Waals surface area (Å²) in [4.78, 5) is 38.9. The zero-order valence-electron chi connectivity index (χ0n) is 19.5. The van der Waals surface area contributed by atoms with E-state index in [1.807, 2.05) is 24.3 Å². The number of carbonyl (C=O) groups is 2. The summed E-state index contributed by atoms with van der Waals surface area (Å²) < 4.78 is 6.68. The third-order valence-corrected chi connectivity index (χ3v) is 7.15. The molecule has 1 fully saturated rings. The molecular weight excluding hydrogens is 552 g/mol. The summed E-state index contributed by atoms with van der Waals surface area (Å²) in [6.07, 6.45) is 0. The summed E-state index contributed by atoms with van der Waals surface area (Å²) in [5.41, 5.74) is 2.27. The van der Waals surface area contributed by atoms with Crippen molar-refractivity contribution in [3.05, 3.63) is 122 Å². The van der Waals surface area contributed by atoms with Gasteiger partial charge in [-0.2, -0.15) is 0 Å². The molecule has 0 spiro atoms. The van der Waals surface area contributed by atoms with E-state index in [0.717, 1.165) is 15.2 Å². The number of rotatable bonds is 4.